The van der Waals surface area contributed by atoms with Gasteiger partial charge in [-0.1, -0.05) is 20.3 Å². The van der Waals surface area contributed by atoms with Crippen molar-refractivity contribution in [3.8, 4) is 0 Å². The molecule has 2 rings (SSSR count). The molecule has 1 saturated carbocycles. The molecule has 2 atom stereocenters. The SMILES string of the molecule is CCNc1nc(C2CCC(CC)C2)nc(C)c1CC. The van der Waals surface area contributed by atoms with Crippen molar-refractivity contribution in [1.29, 1.82) is 0 Å². The lowest BCUT2D eigenvalue weighted by molar-refractivity contribution is 0.516. The molecule has 1 heterocycles. The number of nitrogens with one attached hydrogen (secondary N) is 1. The molecule has 0 amide bonds. The summed E-state index contributed by atoms with van der Waals surface area (Å²) in [6, 6.07) is 0. The fourth-order valence-electron chi connectivity index (χ4n) is 3.22. The summed E-state index contributed by atoms with van der Waals surface area (Å²) in [6.45, 7) is 9.64. The van der Waals surface area contributed by atoms with Crippen molar-refractivity contribution in [2.24, 2.45) is 5.92 Å². The molecule has 0 radical (unpaired) electrons. The van der Waals surface area contributed by atoms with Crippen LogP contribution in [0.15, 0.2) is 0 Å². The molecule has 1 aromatic rings. The second-order valence-electron chi connectivity index (χ2n) is 5.66. The van der Waals surface area contributed by atoms with Gasteiger partial charge in [0.15, 0.2) is 0 Å². The molecule has 3 nitrogen and oxygen atoms in total. The van der Waals surface area contributed by atoms with E-state index in [4.69, 9.17) is 9.97 Å². The van der Waals surface area contributed by atoms with Crippen LogP contribution < -0.4 is 5.32 Å². The molecular formula is C16H27N3. The summed E-state index contributed by atoms with van der Waals surface area (Å²) in [5.41, 5.74) is 2.43. The van der Waals surface area contributed by atoms with Gasteiger partial charge in [0, 0.05) is 23.7 Å². The van der Waals surface area contributed by atoms with Crippen LogP contribution in [0.4, 0.5) is 5.82 Å². The van der Waals surface area contributed by atoms with Crippen molar-refractivity contribution in [2.75, 3.05) is 11.9 Å². The van der Waals surface area contributed by atoms with Gasteiger partial charge in [0.05, 0.1) is 0 Å². The molecule has 0 aliphatic heterocycles. The molecule has 1 aromatic heterocycles. The van der Waals surface area contributed by atoms with Crippen LogP contribution in [0.1, 0.15) is 69.5 Å². The number of aryl methyl sites for hydroxylation is 1. The highest BCUT2D eigenvalue weighted by molar-refractivity contribution is 5.46. The first-order valence-electron chi connectivity index (χ1n) is 7.80. The van der Waals surface area contributed by atoms with E-state index in [-0.39, 0.29) is 0 Å². The van der Waals surface area contributed by atoms with Gasteiger partial charge in [-0.2, -0.15) is 0 Å². The van der Waals surface area contributed by atoms with Gasteiger partial charge >= 0.3 is 0 Å². The zero-order chi connectivity index (χ0) is 13.8. The fourth-order valence-corrected chi connectivity index (χ4v) is 3.22. The molecule has 0 saturated heterocycles. The van der Waals surface area contributed by atoms with E-state index in [1.165, 1.54) is 31.2 Å². The molecule has 2 unspecified atom stereocenters. The zero-order valence-corrected chi connectivity index (χ0v) is 12.8. The highest BCUT2D eigenvalue weighted by Gasteiger charge is 2.27. The van der Waals surface area contributed by atoms with Crippen LogP contribution in [0, 0.1) is 12.8 Å². The van der Waals surface area contributed by atoms with Crippen LogP contribution in [-0.4, -0.2) is 16.5 Å². The van der Waals surface area contributed by atoms with Crippen molar-refractivity contribution in [3.63, 3.8) is 0 Å². The average molecular weight is 261 g/mol. The summed E-state index contributed by atoms with van der Waals surface area (Å²) in [5, 5.41) is 3.41. The van der Waals surface area contributed by atoms with E-state index >= 15 is 0 Å². The minimum atomic E-state index is 0.576. The van der Waals surface area contributed by atoms with Crippen molar-refractivity contribution in [1.82, 2.24) is 9.97 Å². The van der Waals surface area contributed by atoms with Crippen LogP contribution in [0.5, 0.6) is 0 Å². The van der Waals surface area contributed by atoms with Crippen LogP contribution in [-0.2, 0) is 6.42 Å². The Morgan fingerprint density at radius 2 is 1.95 bits per heavy atom. The minimum Gasteiger partial charge on any atom is -0.370 e. The van der Waals surface area contributed by atoms with Crippen molar-refractivity contribution < 1.29 is 0 Å². The first-order chi connectivity index (χ1) is 9.19. The molecule has 1 aliphatic rings. The molecule has 0 bridgehead atoms. The zero-order valence-electron chi connectivity index (χ0n) is 12.8. The number of aromatic nitrogens is 2. The summed E-state index contributed by atoms with van der Waals surface area (Å²) in [6.07, 6.45) is 6.16. The highest BCUT2D eigenvalue weighted by atomic mass is 15.0. The smallest absolute Gasteiger partial charge is 0.134 e. The number of hydrogen-bond donors (Lipinski definition) is 1. The maximum Gasteiger partial charge on any atom is 0.134 e. The Kier molecular flexibility index (Phi) is 4.78. The average Bonchev–Trinajstić information content (AvgIpc) is 2.87. The van der Waals surface area contributed by atoms with E-state index in [9.17, 15) is 0 Å². The Hall–Kier alpha value is -1.12. The Morgan fingerprint density at radius 1 is 1.16 bits per heavy atom. The molecule has 106 valence electrons. The second-order valence-corrected chi connectivity index (χ2v) is 5.66. The first kappa shape index (κ1) is 14.3. The molecule has 3 heteroatoms. The Morgan fingerprint density at radius 3 is 2.53 bits per heavy atom. The molecule has 19 heavy (non-hydrogen) atoms. The van der Waals surface area contributed by atoms with Crippen molar-refractivity contribution in [3.05, 3.63) is 17.1 Å². The number of rotatable bonds is 5. The third kappa shape index (κ3) is 3.07. The largest absolute Gasteiger partial charge is 0.370 e. The van der Waals surface area contributed by atoms with E-state index in [1.807, 2.05) is 0 Å². The lowest BCUT2D eigenvalue weighted by Gasteiger charge is -2.16. The lowest BCUT2D eigenvalue weighted by atomic mass is 10.0. The third-order valence-corrected chi connectivity index (χ3v) is 4.41. The molecule has 0 spiro atoms. The maximum atomic E-state index is 4.82. The van der Waals surface area contributed by atoms with Crippen molar-refractivity contribution >= 4 is 5.82 Å². The van der Waals surface area contributed by atoms with Gasteiger partial charge < -0.3 is 5.32 Å². The molecule has 1 N–H and O–H groups in total. The predicted molar refractivity (Wildman–Crippen MR) is 80.7 cm³/mol. The molecule has 1 fully saturated rings. The van der Waals surface area contributed by atoms with Crippen LogP contribution in [0.3, 0.4) is 0 Å². The highest BCUT2D eigenvalue weighted by Crippen LogP contribution is 2.39. The fraction of sp³-hybridized carbons (Fsp3) is 0.750. The van der Waals surface area contributed by atoms with Gasteiger partial charge in [-0.15, -0.1) is 0 Å². The topological polar surface area (TPSA) is 37.8 Å². The number of anilines is 1. The van der Waals surface area contributed by atoms with E-state index in [1.54, 1.807) is 0 Å². The van der Waals surface area contributed by atoms with Gasteiger partial charge in [-0.25, -0.2) is 9.97 Å². The second kappa shape index (κ2) is 6.36. The summed E-state index contributed by atoms with van der Waals surface area (Å²) < 4.78 is 0. The first-order valence-corrected chi connectivity index (χ1v) is 7.80. The maximum absolute atomic E-state index is 4.82. The number of nitrogens with zero attached hydrogens (tertiary/aromatic N) is 2. The molecular weight excluding hydrogens is 234 g/mol. The third-order valence-electron chi connectivity index (χ3n) is 4.41. The summed E-state index contributed by atoms with van der Waals surface area (Å²) in [5.74, 6) is 3.59. The van der Waals surface area contributed by atoms with Crippen LogP contribution in [0.2, 0.25) is 0 Å². The van der Waals surface area contributed by atoms with Gasteiger partial charge in [0.25, 0.3) is 0 Å². The summed E-state index contributed by atoms with van der Waals surface area (Å²) >= 11 is 0. The van der Waals surface area contributed by atoms with E-state index in [0.717, 1.165) is 36.2 Å². The van der Waals surface area contributed by atoms with Gasteiger partial charge in [0.2, 0.25) is 0 Å². The lowest BCUT2D eigenvalue weighted by Crippen LogP contribution is -2.11. The van der Waals surface area contributed by atoms with Crippen LogP contribution >= 0.6 is 0 Å². The Labute approximate surface area is 117 Å². The minimum absolute atomic E-state index is 0.576. The van der Waals surface area contributed by atoms with Gasteiger partial charge in [-0.3, -0.25) is 0 Å². The predicted octanol–water partition coefficient (Wildman–Crippen LogP) is 4.07. The van der Waals surface area contributed by atoms with Crippen molar-refractivity contribution in [2.45, 2.75) is 65.7 Å². The monoisotopic (exact) mass is 261 g/mol. The molecule has 0 aromatic carbocycles. The van der Waals surface area contributed by atoms with E-state index < -0.39 is 0 Å². The number of hydrogen-bond acceptors (Lipinski definition) is 3. The quantitative estimate of drug-likeness (QED) is 0.868. The van der Waals surface area contributed by atoms with Gasteiger partial charge in [0.1, 0.15) is 11.6 Å². The normalized spacial score (nSPS) is 22.7. The van der Waals surface area contributed by atoms with E-state index in [2.05, 4.69) is 33.0 Å². The Balaban J connectivity index is 2.26. The van der Waals surface area contributed by atoms with Crippen LogP contribution in [0.25, 0.3) is 0 Å². The standard InChI is InChI=1S/C16H27N3/c1-5-12-8-9-13(10-12)15-18-11(4)14(6-2)16(19-15)17-7-3/h12-13H,5-10H2,1-4H3,(H,17,18,19). The Bertz CT molecular complexity index is 428. The summed E-state index contributed by atoms with van der Waals surface area (Å²) in [7, 11) is 0. The van der Waals surface area contributed by atoms with E-state index in [0.29, 0.717) is 5.92 Å². The molecule has 1 aliphatic carbocycles. The van der Waals surface area contributed by atoms with Gasteiger partial charge in [-0.05, 0) is 45.4 Å². The summed E-state index contributed by atoms with van der Waals surface area (Å²) in [4.78, 5) is 9.61.